The van der Waals surface area contributed by atoms with E-state index in [0.717, 1.165) is 28.3 Å². The largest absolute Gasteiger partial charge is 0.303 e. The van der Waals surface area contributed by atoms with Crippen LogP contribution >= 0.6 is 0 Å². The lowest BCUT2D eigenvalue weighted by atomic mass is 9.83. The van der Waals surface area contributed by atoms with Crippen molar-refractivity contribution < 1.29 is 0 Å². The first-order valence-corrected chi connectivity index (χ1v) is 19.2. The molecule has 0 spiro atoms. The summed E-state index contributed by atoms with van der Waals surface area (Å²) in [4.78, 5) is 12.7. The molecule has 0 N–H and O–H groups in total. The van der Waals surface area contributed by atoms with Crippen molar-refractivity contribution in [1.82, 2.24) is 4.98 Å². The maximum absolute atomic E-state index is 5.25. The maximum Gasteiger partial charge on any atom is 0.137 e. The lowest BCUT2D eigenvalue weighted by Crippen LogP contribution is -2.53. The number of hydrogen-bond donors (Lipinski definition) is 0. The summed E-state index contributed by atoms with van der Waals surface area (Å²) in [5.41, 5.74) is 7.64. The number of hydrogen-bond acceptors (Lipinski definition) is 3. The van der Waals surface area contributed by atoms with Crippen LogP contribution in [0.5, 0.6) is 0 Å². The van der Waals surface area contributed by atoms with Gasteiger partial charge in [0.15, 0.2) is 0 Å². The number of aliphatic imine (C=N–C) groups is 1. The number of rotatable bonds is 5. The van der Waals surface area contributed by atoms with Gasteiger partial charge in [0, 0.05) is 17.3 Å². The highest BCUT2D eigenvalue weighted by molar-refractivity contribution is 6.22. The fraction of sp³-hybridized carbons (Fsp3) is 0.115. The SMILES string of the molecule is CC1(C)N=C(c2ccccc2)N(c2ccc(-c3ccc4c(-c5ccc6ccccc6c5)c5ccccc5c(-c5ccc6ccccc6c5)c4c3)cn2)C1(C)C. The zero-order valence-corrected chi connectivity index (χ0v) is 31.6. The number of fused-ring (bicyclic) bond motifs is 4. The molecule has 0 fully saturated rings. The quantitative estimate of drug-likeness (QED) is 0.167. The molecule has 9 aromatic rings. The summed E-state index contributed by atoms with van der Waals surface area (Å²) in [5.74, 6) is 1.85. The molecule has 0 saturated heterocycles. The van der Waals surface area contributed by atoms with Gasteiger partial charge in [-0.05, 0) is 129 Å². The first-order chi connectivity index (χ1) is 26.8. The van der Waals surface area contributed by atoms with Crippen LogP contribution in [-0.2, 0) is 0 Å². The summed E-state index contributed by atoms with van der Waals surface area (Å²) >= 11 is 0. The van der Waals surface area contributed by atoms with E-state index in [2.05, 4.69) is 202 Å². The van der Waals surface area contributed by atoms with Gasteiger partial charge in [0.25, 0.3) is 0 Å². The lowest BCUT2D eigenvalue weighted by Gasteiger charge is -2.40. The highest BCUT2D eigenvalue weighted by Crippen LogP contribution is 2.46. The molecule has 0 aliphatic carbocycles. The predicted molar refractivity (Wildman–Crippen MR) is 234 cm³/mol. The van der Waals surface area contributed by atoms with Crippen molar-refractivity contribution in [3.05, 3.63) is 182 Å². The third-order valence-corrected chi connectivity index (χ3v) is 12.1. The van der Waals surface area contributed by atoms with Crippen molar-refractivity contribution in [2.45, 2.75) is 38.8 Å². The predicted octanol–water partition coefficient (Wildman–Crippen LogP) is 13.5. The van der Waals surface area contributed by atoms with Gasteiger partial charge in [-0.15, -0.1) is 0 Å². The van der Waals surface area contributed by atoms with Crippen LogP contribution in [0.4, 0.5) is 5.82 Å². The van der Waals surface area contributed by atoms with Gasteiger partial charge in [-0.1, -0.05) is 140 Å². The van der Waals surface area contributed by atoms with Crippen LogP contribution in [0.2, 0.25) is 0 Å². The average molecular weight is 708 g/mol. The van der Waals surface area contributed by atoms with E-state index in [9.17, 15) is 0 Å². The fourth-order valence-electron chi connectivity index (χ4n) is 8.52. The van der Waals surface area contributed by atoms with E-state index in [0.29, 0.717) is 0 Å². The molecule has 8 aromatic carbocycles. The summed E-state index contributed by atoms with van der Waals surface area (Å²) < 4.78 is 0. The average Bonchev–Trinajstić information content (AvgIpc) is 3.42. The van der Waals surface area contributed by atoms with Crippen molar-refractivity contribution in [1.29, 1.82) is 0 Å². The monoisotopic (exact) mass is 707 g/mol. The minimum Gasteiger partial charge on any atom is -0.303 e. The van der Waals surface area contributed by atoms with E-state index in [-0.39, 0.29) is 11.1 Å². The second kappa shape index (κ2) is 12.5. The van der Waals surface area contributed by atoms with Gasteiger partial charge in [-0.25, -0.2) is 4.98 Å². The van der Waals surface area contributed by atoms with Crippen LogP contribution in [0.15, 0.2) is 181 Å². The van der Waals surface area contributed by atoms with Crippen molar-refractivity contribution in [3.63, 3.8) is 0 Å². The Morgan fingerprint density at radius 3 is 1.51 bits per heavy atom. The van der Waals surface area contributed by atoms with E-state index < -0.39 is 0 Å². The number of aromatic nitrogens is 1. The molecule has 1 aromatic heterocycles. The first kappa shape index (κ1) is 33.0. The molecule has 55 heavy (non-hydrogen) atoms. The molecule has 1 aliphatic heterocycles. The maximum atomic E-state index is 5.25. The molecule has 0 amide bonds. The van der Waals surface area contributed by atoms with E-state index in [1.165, 1.54) is 65.3 Å². The van der Waals surface area contributed by atoms with Crippen LogP contribution in [-0.4, -0.2) is 21.9 Å². The Bertz CT molecular complexity index is 2970. The van der Waals surface area contributed by atoms with Crippen LogP contribution < -0.4 is 4.90 Å². The Balaban J connectivity index is 1.17. The smallest absolute Gasteiger partial charge is 0.137 e. The summed E-state index contributed by atoms with van der Waals surface area (Å²) in [6.07, 6.45) is 2.03. The second-order valence-corrected chi connectivity index (χ2v) is 15.8. The minimum atomic E-state index is -0.304. The number of nitrogens with zero attached hydrogens (tertiary/aromatic N) is 3. The molecular formula is C52H41N3. The van der Waals surface area contributed by atoms with Crippen molar-refractivity contribution in [2.24, 2.45) is 4.99 Å². The van der Waals surface area contributed by atoms with Crippen molar-refractivity contribution in [2.75, 3.05) is 4.90 Å². The van der Waals surface area contributed by atoms with Crippen LogP contribution in [0.3, 0.4) is 0 Å². The van der Waals surface area contributed by atoms with Gasteiger partial charge in [-0.2, -0.15) is 0 Å². The van der Waals surface area contributed by atoms with Crippen LogP contribution in [0.1, 0.15) is 33.3 Å². The van der Waals surface area contributed by atoms with Gasteiger partial charge >= 0.3 is 0 Å². The molecule has 0 atom stereocenters. The molecule has 0 radical (unpaired) electrons. The zero-order valence-electron chi connectivity index (χ0n) is 31.6. The Morgan fingerprint density at radius 1 is 0.400 bits per heavy atom. The highest BCUT2D eigenvalue weighted by Gasteiger charge is 2.50. The molecule has 1 aliphatic rings. The van der Waals surface area contributed by atoms with Crippen LogP contribution in [0.25, 0.3) is 76.5 Å². The van der Waals surface area contributed by atoms with Gasteiger partial charge in [-0.3, -0.25) is 4.99 Å². The van der Waals surface area contributed by atoms with Gasteiger partial charge < -0.3 is 4.90 Å². The number of benzene rings is 8. The third kappa shape index (κ3) is 5.33. The Labute approximate surface area is 322 Å². The normalized spacial score (nSPS) is 14.9. The van der Waals surface area contributed by atoms with E-state index >= 15 is 0 Å². The molecule has 0 bridgehead atoms. The summed E-state index contributed by atoms with van der Waals surface area (Å²) in [5, 5.41) is 9.90. The molecule has 10 rings (SSSR count). The highest BCUT2D eigenvalue weighted by atomic mass is 15.4. The second-order valence-electron chi connectivity index (χ2n) is 15.8. The minimum absolute atomic E-state index is 0.287. The zero-order chi connectivity index (χ0) is 37.3. The molecule has 3 heteroatoms. The van der Waals surface area contributed by atoms with Crippen LogP contribution in [0, 0.1) is 0 Å². The molecule has 2 heterocycles. The molecular weight excluding hydrogens is 667 g/mol. The van der Waals surface area contributed by atoms with Gasteiger partial charge in [0.05, 0.1) is 11.1 Å². The topological polar surface area (TPSA) is 28.5 Å². The summed E-state index contributed by atoms with van der Waals surface area (Å²) in [6, 6.07) is 61.7. The summed E-state index contributed by atoms with van der Waals surface area (Å²) in [7, 11) is 0. The van der Waals surface area contributed by atoms with Crippen molar-refractivity contribution in [3.8, 4) is 33.4 Å². The summed E-state index contributed by atoms with van der Waals surface area (Å²) in [6.45, 7) is 8.94. The Hall–Kier alpha value is -6.58. The first-order valence-electron chi connectivity index (χ1n) is 19.2. The van der Waals surface area contributed by atoms with E-state index in [1.54, 1.807) is 0 Å². The Morgan fingerprint density at radius 2 is 0.909 bits per heavy atom. The van der Waals surface area contributed by atoms with Crippen molar-refractivity contribution >= 4 is 54.7 Å². The number of amidine groups is 1. The molecule has 0 saturated carbocycles. The fourth-order valence-corrected chi connectivity index (χ4v) is 8.52. The van der Waals surface area contributed by atoms with Gasteiger partial charge in [0.1, 0.15) is 11.7 Å². The number of pyridine rings is 1. The van der Waals surface area contributed by atoms with E-state index in [1.807, 2.05) is 6.20 Å². The molecule has 3 nitrogen and oxygen atoms in total. The molecule has 264 valence electrons. The van der Waals surface area contributed by atoms with Gasteiger partial charge in [0.2, 0.25) is 0 Å². The molecule has 0 unspecified atom stereocenters. The lowest BCUT2D eigenvalue weighted by molar-refractivity contribution is 0.337. The number of anilines is 1. The Kier molecular flexibility index (Phi) is 7.50. The standard InChI is InChI=1S/C52H41N3/c1-51(2)52(3,4)55(50(54-51)36-16-6-5-7-17-36)47-29-27-42(33-53-47)39-26-28-45-46(32-39)49(41-25-23-35-15-9-11-19-38(35)31-41)44-21-13-12-20-43(44)48(45)40-24-22-34-14-8-10-18-37(34)30-40/h5-33H,1-4H3. The third-order valence-electron chi connectivity index (χ3n) is 12.1. The van der Waals surface area contributed by atoms with E-state index in [4.69, 9.17) is 9.98 Å².